The standard InChI is InChI=1S/C14H14BrNO3/c15-11-1-4-13(5-2-11)18-7-8-19-14-6-3-12(10-17)16-9-14/h1-6,9,17H,7-8,10H2. The van der Waals surface area contributed by atoms with Gasteiger partial charge in [0.15, 0.2) is 0 Å². The van der Waals surface area contributed by atoms with Crippen LogP contribution in [0.1, 0.15) is 5.69 Å². The van der Waals surface area contributed by atoms with Gasteiger partial charge in [-0.25, -0.2) is 0 Å². The molecule has 0 fully saturated rings. The fourth-order valence-electron chi connectivity index (χ4n) is 1.44. The minimum Gasteiger partial charge on any atom is -0.490 e. The average Bonchev–Trinajstić information content (AvgIpc) is 2.46. The molecule has 0 aliphatic carbocycles. The Balaban J connectivity index is 1.72. The maximum absolute atomic E-state index is 8.86. The number of nitrogens with zero attached hydrogens (tertiary/aromatic N) is 1. The molecule has 1 aromatic heterocycles. The van der Waals surface area contributed by atoms with Crippen molar-refractivity contribution in [2.45, 2.75) is 6.61 Å². The summed E-state index contributed by atoms with van der Waals surface area (Å²) in [5.74, 6) is 1.47. The minimum absolute atomic E-state index is 0.0625. The topological polar surface area (TPSA) is 51.6 Å². The molecule has 1 aromatic carbocycles. The molecular weight excluding hydrogens is 310 g/mol. The van der Waals surface area contributed by atoms with Crippen molar-refractivity contribution < 1.29 is 14.6 Å². The van der Waals surface area contributed by atoms with Gasteiger partial charge in [0.05, 0.1) is 18.5 Å². The molecule has 5 heteroatoms. The molecule has 0 aliphatic rings. The third-order valence-electron chi connectivity index (χ3n) is 2.39. The van der Waals surface area contributed by atoms with Crippen LogP contribution in [0.15, 0.2) is 47.1 Å². The lowest BCUT2D eigenvalue weighted by atomic mass is 10.3. The highest BCUT2D eigenvalue weighted by molar-refractivity contribution is 9.10. The van der Waals surface area contributed by atoms with Crippen molar-refractivity contribution in [1.29, 1.82) is 0 Å². The Morgan fingerprint density at radius 1 is 0.947 bits per heavy atom. The molecule has 0 amide bonds. The number of hydrogen-bond donors (Lipinski definition) is 1. The van der Waals surface area contributed by atoms with Crippen LogP contribution in [-0.2, 0) is 6.61 Å². The first-order valence-corrected chi connectivity index (χ1v) is 6.64. The van der Waals surface area contributed by atoms with E-state index in [-0.39, 0.29) is 6.61 Å². The molecule has 0 saturated heterocycles. The predicted octanol–water partition coefficient (Wildman–Crippen LogP) is 2.79. The molecule has 100 valence electrons. The second kappa shape index (κ2) is 7.11. The molecule has 1 heterocycles. The Morgan fingerprint density at radius 3 is 2.16 bits per heavy atom. The van der Waals surface area contributed by atoms with Crippen molar-refractivity contribution in [3.05, 3.63) is 52.8 Å². The molecule has 0 bridgehead atoms. The largest absolute Gasteiger partial charge is 0.490 e. The van der Waals surface area contributed by atoms with Crippen LogP contribution in [-0.4, -0.2) is 23.3 Å². The van der Waals surface area contributed by atoms with Crippen molar-refractivity contribution in [3.63, 3.8) is 0 Å². The highest BCUT2D eigenvalue weighted by Crippen LogP contribution is 2.16. The van der Waals surface area contributed by atoms with E-state index in [9.17, 15) is 0 Å². The average molecular weight is 324 g/mol. The zero-order valence-corrected chi connectivity index (χ0v) is 11.8. The van der Waals surface area contributed by atoms with Gasteiger partial charge in [-0.3, -0.25) is 4.98 Å². The Kier molecular flexibility index (Phi) is 5.18. The van der Waals surface area contributed by atoms with Gasteiger partial charge in [-0.15, -0.1) is 0 Å². The summed E-state index contributed by atoms with van der Waals surface area (Å²) in [7, 11) is 0. The fraction of sp³-hybridized carbons (Fsp3) is 0.214. The van der Waals surface area contributed by atoms with Crippen LogP contribution in [0.25, 0.3) is 0 Å². The van der Waals surface area contributed by atoms with Crippen LogP contribution >= 0.6 is 15.9 Å². The third kappa shape index (κ3) is 4.54. The Hall–Kier alpha value is -1.59. The number of ether oxygens (including phenoxy) is 2. The number of halogens is 1. The lowest BCUT2D eigenvalue weighted by Crippen LogP contribution is -2.09. The van der Waals surface area contributed by atoms with Crippen LogP contribution in [0.3, 0.4) is 0 Å². The lowest BCUT2D eigenvalue weighted by Gasteiger charge is -2.08. The van der Waals surface area contributed by atoms with Crippen LogP contribution < -0.4 is 9.47 Å². The van der Waals surface area contributed by atoms with Gasteiger partial charge in [-0.1, -0.05) is 15.9 Å². The molecule has 0 atom stereocenters. The van der Waals surface area contributed by atoms with Crippen LogP contribution in [0.2, 0.25) is 0 Å². The quantitative estimate of drug-likeness (QED) is 0.830. The molecule has 0 saturated carbocycles. The van der Waals surface area contributed by atoms with Gasteiger partial charge in [-0.2, -0.15) is 0 Å². The lowest BCUT2D eigenvalue weighted by molar-refractivity contribution is 0.216. The molecule has 0 radical (unpaired) electrons. The Bertz CT molecular complexity index is 499. The summed E-state index contributed by atoms with van der Waals surface area (Å²) < 4.78 is 12.0. The third-order valence-corrected chi connectivity index (χ3v) is 2.92. The summed E-state index contributed by atoms with van der Waals surface area (Å²) in [4.78, 5) is 4.02. The first kappa shape index (κ1) is 13.8. The molecule has 2 rings (SSSR count). The van der Waals surface area contributed by atoms with Gasteiger partial charge < -0.3 is 14.6 Å². The smallest absolute Gasteiger partial charge is 0.137 e. The van der Waals surface area contributed by atoms with Gasteiger partial charge in [-0.05, 0) is 36.4 Å². The van der Waals surface area contributed by atoms with E-state index in [0.29, 0.717) is 24.7 Å². The van der Waals surface area contributed by atoms with Crippen LogP contribution in [0.4, 0.5) is 0 Å². The first-order chi connectivity index (χ1) is 9.28. The zero-order chi connectivity index (χ0) is 13.5. The van der Waals surface area contributed by atoms with Crippen LogP contribution in [0.5, 0.6) is 11.5 Å². The number of pyridine rings is 1. The molecular formula is C14H14BrNO3. The SMILES string of the molecule is OCc1ccc(OCCOc2ccc(Br)cc2)cn1. The molecule has 0 spiro atoms. The van der Waals surface area contributed by atoms with E-state index in [1.54, 1.807) is 18.3 Å². The molecule has 2 aromatic rings. The first-order valence-electron chi connectivity index (χ1n) is 5.85. The molecule has 1 N–H and O–H groups in total. The maximum atomic E-state index is 8.86. The van der Waals surface area contributed by atoms with Gasteiger partial charge >= 0.3 is 0 Å². The number of benzene rings is 1. The molecule has 0 unspecified atom stereocenters. The van der Waals surface area contributed by atoms with E-state index in [1.165, 1.54) is 0 Å². The Morgan fingerprint density at radius 2 is 1.58 bits per heavy atom. The summed E-state index contributed by atoms with van der Waals surface area (Å²) in [5.41, 5.74) is 0.624. The number of aliphatic hydroxyl groups is 1. The molecule has 0 aliphatic heterocycles. The summed E-state index contributed by atoms with van der Waals surface area (Å²) >= 11 is 3.36. The van der Waals surface area contributed by atoms with E-state index in [2.05, 4.69) is 20.9 Å². The van der Waals surface area contributed by atoms with Gasteiger partial charge in [0, 0.05) is 4.47 Å². The second-order valence-corrected chi connectivity index (χ2v) is 4.71. The second-order valence-electron chi connectivity index (χ2n) is 3.79. The predicted molar refractivity (Wildman–Crippen MR) is 75.3 cm³/mol. The zero-order valence-electron chi connectivity index (χ0n) is 10.3. The highest BCUT2D eigenvalue weighted by atomic mass is 79.9. The van der Waals surface area contributed by atoms with Crippen molar-refractivity contribution in [1.82, 2.24) is 4.98 Å². The van der Waals surface area contributed by atoms with Crippen molar-refractivity contribution in [2.24, 2.45) is 0 Å². The van der Waals surface area contributed by atoms with Crippen LogP contribution in [0, 0.1) is 0 Å². The maximum Gasteiger partial charge on any atom is 0.137 e. The summed E-state index contributed by atoms with van der Waals surface area (Å²) in [5, 5.41) is 8.86. The normalized spacial score (nSPS) is 10.2. The summed E-state index contributed by atoms with van der Waals surface area (Å²) in [6.45, 7) is 0.840. The van der Waals surface area contributed by atoms with E-state index in [4.69, 9.17) is 14.6 Å². The van der Waals surface area contributed by atoms with Crippen molar-refractivity contribution in [2.75, 3.05) is 13.2 Å². The summed E-state index contributed by atoms with van der Waals surface area (Å²) in [6.07, 6.45) is 1.59. The van der Waals surface area contributed by atoms with E-state index >= 15 is 0 Å². The number of hydrogen-bond acceptors (Lipinski definition) is 4. The number of aliphatic hydroxyl groups excluding tert-OH is 1. The van der Waals surface area contributed by atoms with Crippen molar-refractivity contribution in [3.8, 4) is 11.5 Å². The summed E-state index contributed by atoms with van der Waals surface area (Å²) in [6, 6.07) is 11.1. The van der Waals surface area contributed by atoms with Gasteiger partial charge in [0.1, 0.15) is 24.7 Å². The Labute approximate surface area is 120 Å². The highest BCUT2D eigenvalue weighted by Gasteiger charge is 1.97. The fourth-order valence-corrected chi connectivity index (χ4v) is 1.70. The molecule has 19 heavy (non-hydrogen) atoms. The molecule has 4 nitrogen and oxygen atoms in total. The number of aromatic nitrogens is 1. The van der Waals surface area contributed by atoms with Gasteiger partial charge in [0.25, 0.3) is 0 Å². The monoisotopic (exact) mass is 323 g/mol. The van der Waals surface area contributed by atoms with Gasteiger partial charge in [0.2, 0.25) is 0 Å². The number of rotatable bonds is 6. The van der Waals surface area contributed by atoms with Crippen molar-refractivity contribution >= 4 is 15.9 Å². The van der Waals surface area contributed by atoms with E-state index in [1.807, 2.05) is 24.3 Å². The minimum atomic E-state index is -0.0625. The van der Waals surface area contributed by atoms with E-state index < -0.39 is 0 Å². The van der Waals surface area contributed by atoms with E-state index in [0.717, 1.165) is 10.2 Å².